The Kier molecular flexibility index (Phi) is 5.81. The Morgan fingerprint density at radius 1 is 1.15 bits per heavy atom. The summed E-state index contributed by atoms with van der Waals surface area (Å²) in [6.07, 6.45) is -3.32. The smallest absolute Gasteiger partial charge is 0.151 e. The van der Waals surface area contributed by atoms with Crippen LogP contribution in [0.4, 0.5) is 0 Å². The Bertz CT molecular complexity index is 147. The molecule has 0 rings (SSSR count). The number of hydrogen-bond acceptors (Lipinski definition) is 5. The normalized spacial score (nSPS) is 20.4. The van der Waals surface area contributed by atoms with Crippen LogP contribution in [0, 0.1) is 0 Å². The van der Waals surface area contributed by atoms with Gasteiger partial charge < -0.3 is 24.5 Å². The minimum atomic E-state index is -1.29. The quantitative estimate of drug-likeness (QED) is 0.525. The van der Waals surface area contributed by atoms with Crippen LogP contribution in [0.15, 0.2) is 0 Å². The van der Waals surface area contributed by atoms with Gasteiger partial charge in [0.1, 0.15) is 18.3 Å². The molecular weight excluding hydrogens is 176 g/mol. The summed E-state index contributed by atoms with van der Waals surface area (Å²) in [4.78, 5) is 10.3. The predicted molar refractivity (Wildman–Crippen MR) is 45.3 cm³/mol. The van der Waals surface area contributed by atoms with Crippen molar-refractivity contribution in [1.82, 2.24) is 0 Å². The van der Waals surface area contributed by atoms with E-state index in [0.29, 0.717) is 6.29 Å². The van der Waals surface area contributed by atoms with Crippen molar-refractivity contribution in [2.75, 3.05) is 14.2 Å². The number of methoxy groups -OCH3 is 2. The molecule has 5 heteroatoms. The molecule has 0 amide bonds. The van der Waals surface area contributed by atoms with Gasteiger partial charge in [-0.3, -0.25) is 0 Å². The molecule has 0 aromatic heterocycles. The number of carbonyl (C=O) groups excluding carboxylic acids is 1. The number of rotatable bonds is 6. The fourth-order valence-corrected chi connectivity index (χ4v) is 1.15. The zero-order valence-corrected chi connectivity index (χ0v) is 8.01. The molecule has 0 aromatic carbocycles. The van der Waals surface area contributed by atoms with Crippen molar-refractivity contribution >= 4 is 6.29 Å². The van der Waals surface area contributed by atoms with Gasteiger partial charge in [-0.2, -0.15) is 0 Å². The van der Waals surface area contributed by atoms with Gasteiger partial charge in [-0.15, -0.1) is 0 Å². The second-order valence-electron chi connectivity index (χ2n) is 2.77. The maximum atomic E-state index is 10.3. The number of aldehydes is 1. The number of ether oxygens (including phenoxy) is 2. The van der Waals surface area contributed by atoms with Gasteiger partial charge in [0.05, 0.1) is 6.10 Å². The molecule has 78 valence electrons. The van der Waals surface area contributed by atoms with Gasteiger partial charge in [-0.1, -0.05) is 0 Å². The Hall–Kier alpha value is -0.490. The standard InChI is InChI=1S/C8H16O5/c1-5(10)7(12-2)8(13-3)6(11)4-9/h4-8,10-11H,1-3H3/t5-,6-,7+,8+/m0/s1. The molecule has 5 nitrogen and oxygen atoms in total. The molecule has 0 saturated heterocycles. The fraction of sp³-hybridized carbons (Fsp3) is 0.875. The first-order valence-electron chi connectivity index (χ1n) is 3.95. The lowest BCUT2D eigenvalue weighted by Gasteiger charge is -2.28. The summed E-state index contributed by atoms with van der Waals surface area (Å²) in [5, 5.41) is 18.4. The van der Waals surface area contributed by atoms with Crippen molar-refractivity contribution in [3.05, 3.63) is 0 Å². The first kappa shape index (κ1) is 12.5. The SMILES string of the molecule is CO[C@@H]([C@H](OC)[C@@H](O)C=O)[C@H](C)O. The molecule has 0 unspecified atom stereocenters. The Morgan fingerprint density at radius 3 is 1.85 bits per heavy atom. The van der Waals surface area contributed by atoms with Crippen LogP contribution in [0.3, 0.4) is 0 Å². The van der Waals surface area contributed by atoms with Gasteiger partial charge in [0.25, 0.3) is 0 Å². The maximum absolute atomic E-state index is 10.3. The molecule has 4 atom stereocenters. The van der Waals surface area contributed by atoms with E-state index in [1.807, 2.05) is 0 Å². The molecular formula is C8H16O5. The van der Waals surface area contributed by atoms with E-state index in [4.69, 9.17) is 9.47 Å². The molecule has 0 aliphatic rings. The summed E-state index contributed by atoms with van der Waals surface area (Å²) in [5.41, 5.74) is 0. The van der Waals surface area contributed by atoms with Crippen molar-refractivity contribution in [3.63, 3.8) is 0 Å². The third-order valence-corrected chi connectivity index (χ3v) is 1.82. The zero-order valence-electron chi connectivity index (χ0n) is 8.01. The Balaban J connectivity index is 4.41. The predicted octanol–water partition coefficient (Wildman–Crippen LogP) is -1.04. The second kappa shape index (κ2) is 6.04. The molecule has 0 heterocycles. The van der Waals surface area contributed by atoms with Gasteiger partial charge in [0.2, 0.25) is 0 Å². The molecule has 2 N–H and O–H groups in total. The van der Waals surface area contributed by atoms with Gasteiger partial charge >= 0.3 is 0 Å². The van der Waals surface area contributed by atoms with Gasteiger partial charge in [-0.05, 0) is 6.92 Å². The molecule has 0 radical (unpaired) electrons. The molecule has 0 aliphatic carbocycles. The molecule has 0 fully saturated rings. The lowest BCUT2D eigenvalue weighted by molar-refractivity contribution is -0.144. The van der Waals surface area contributed by atoms with Crippen molar-refractivity contribution < 1.29 is 24.5 Å². The van der Waals surface area contributed by atoms with E-state index in [1.54, 1.807) is 0 Å². The van der Waals surface area contributed by atoms with Gasteiger partial charge in [-0.25, -0.2) is 0 Å². The van der Waals surface area contributed by atoms with E-state index < -0.39 is 24.4 Å². The summed E-state index contributed by atoms with van der Waals surface area (Å²) in [7, 11) is 2.71. The summed E-state index contributed by atoms with van der Waals surface area (Å²) in [6, 6.07) is 0. The molecule has 0 bridgehead atoms. The minimum absolute atomic E-state index is 0.350. The number of hydrogen-bond donors (Lipinski definition) is 2. The zero-order chi connectivity index (χ0) is 10.4. The molecule has 0 aliphatic heterocycles. The van der Waals surface area contributed by atoms with Crippen molar-refractivity contribution in [2.24, 2.45) is 0 Å². The Labute approximate surface area is 77.3 Å². The maximum Gasteiger partial charge on any atom is 0.151 e. The van der Waals surface area contributed by atoms with Crippen LogP contribution < -0.4 is 0 Å². The summed E-state index contributed by atoms with van der Waals surface area (Å²) in [5.74, 6) is 0. The van der Waals surface area contributed by atoms with Crippen molar-refractivity contribution in [1.29, 1.82) is 0 Å². The van der Waals surface area contributed by atoms with Crippen LogP contribution >= 0.6 is 0 Å². The van der Waals surface area contributed by atoms with Crippen LogP contribution in [-0.2, 0) is 14.3 Å². The fourth-order valence-electron chi connectivity index (χ4n) is 1.15. The number of carbonyl (C=O) groups is 1. The molecule has 0 aromatic rings. The topological polar surface area (TPSA) is 76.0 Å². The first-order chi connectivity index (χ1) is 6.08. The molecule has 13 heavy (non-hydrogen) atoms. The van der Waals surface area contributed by atoms with E-state index >= 15 is 0 Å². The highest BCUT2D eigenvalue weighted by Gasteiger charge is 2.31. The second-order valence-corrected chi connectivity index (χ2v) is 2.77. The monoisotopic (exact) mass is 192 g/mol. The largest absolute Gasteiger partial charge is 0.391 e. The number of aliphatic hydroxyl groups excluding tert-OH is 2. The van der Waals surface area contributed by atoms with Crippen LogP contribution in [-0.4, -0.2) is 55.1 Å². The lowest BCUT2D eigenvalue weighted by atomic mass is 10.0. The van der Waals surface area contributed by atoms with E-state index in [2.05, 4.69) is 0 Å². The van der Waals surface area contributed by atoms with E-state index in [-0.39, 0.29) is 0 Å². The van der Waals surface area contributed by atoms with Gasteiger partial charge in [0, 0.05) is 14.2 Å². The molecule has 0 spiro atoms. The highest BCUT2D eigenvalue weighted by atomic mass is 16.5. The molecule has 0 saturated carbocycles. The van der Waals surface area contributed by atoms with Crippen LogP contribution in [0.25, 0.3) is 0 Å². The Morgan fingerprint density at radius 2 is 1.62 bits per heavy atom. The third kappa shape index (κ3) is 3.40. The third-order valence-electron chi connectivity index (χ3n) is 1.82. The minimum Gasteiger partial charge on any atom is -0.391 e. The average molecular weight is 192 g/mol. The number of aliphatic hydroxyl groups is 2. The van der Waals surface area contributed by atoms with Crippen LogP contribution in [0.1, 0.15) is 6.92 Å². The van der Waals surface area contributed by atoms with Gasteiger partial charge in [0.15, 0.2) is 6.29 Å². The highest BCUT2D eigenvalue weighted by Crippen LogP contribution is 2.10. The van der Waals surface area contributed by atoms with Crippen molar-refractivity contribution in [2.45, 2.75) is 31.3 Å². The van der Waals surface area contributed by atoms with E-state index in [9.17, 15) is 15.0 Å². The van der Waals surface area contributed by atoms with Crippen LogP contribution in [0.5, 0.6) is 0 Å². The summed E-state index contributed by atoms with van der Waals surface area (Å²) >= 11 is 0. The van der Waals surface area contributed by atoms with Crippen molar-refractivity contribution in [3.8, 4) is 0 Å². The van der Waals surface area contributed by atoms with Crippen LogP contribution in [0.2, 0.25) is 0 Å². The summed E-state index contributed by atoms with van der Waals surface area (Å²) in [6.45, 7) is 1.50. The average Bonchev–Trinajstić information content (AvgIpc) is 2.12. The van der Waals surface area contributed by atoms with E-state index in [0.717, 1.165) is 0 Å². The lowest BCUT2D eigenvalue weighted by Crippen LogP contribution is -2.46. The first-order valence-corrected chi connectivity index (χ1v) is 3.95. The van der Waals surface area contributed by atoms with E-state index in [1.165, 1.54) is 21.1 Å². The summed E-state index contributed by atoms with van der Waals surface area (Å²) < 4.78 is 9.74. The highest BCUT2D eigenvalue weighted by molar-refractivity contribution is 5.56.